The molecule has 3 N–H and O–H groups in total. The first-order chi connectivity index (χ1) is 12.1. The number of aromatic nitrogens is 1. The molecule has 3 rings (SSSR count). The predicted octanol–water partition coefficient (Wildman–Crippen LogP) is 3.40. The fraction of sp³-hybridized carbons (Fsp3) is 0.100. The zero-order chi connectivity index (χ0) is 17.6. The van der Waals surface area contributed by atoms with Gasteiger partial charge in [-0.3, -0.25) is 9.78 Å². The van der Waals surface area contributed by atoms with Crippen molar-refractivity contribution in [1.82, 2.24) is 4.98 Å². The van der Waals surface area contributed by atoms with E-state index in [1.54, 1.807) is 36.5 Å². The van der Waals surface area contributed by atoms with E-state index in [0.717, 1.165) is 16.8 Å². The number of nitrogens with zero attached hydrogens (tertiary/aromatic N) is 1. The Hall–Kier alpha value is -3.21. The Kier molecular flexibility index (Phi) is 5.04. The quantitative estimate of drug-likeness (QED) is 0.725. The summed E-state index contributed by atoms with van der Waals surface area (Å²) >= 11 is 0. The maximum Gasteiger partial charge on any atom is 0.240 e. The van der Waals surface area contributed by atoms with Crippen LogP contribution in [0.3, 0.4) is 0 Å². The lowest BCUT2D eigenvalue weighted by Crippen LogP contribution is -2.37. The van der Waals surface area contributed by atoms with Gasteiger partial charge in [-0.1, -0.05) is 42.5 Å². The molecule has 4 nitrogen and oxygen atoms in total. The van der Waals surface area contributed by atoms with Gasteiger partial charge in [-0.2, -0.15) is 0 Å². The van der Waals surface area contributed by atoms with Gasteiger partial charge in [0.2, 0.25) is 5.91 Å². The largest absolute Gasteiger partial charge is 0.373 e. The van der Waals surface area contributed by atoms with E-state index in [9.17, 15) is 9.18 Å². The molecule has 3 aromatic rings. The lowest BCUT2D eigenvalue weighted by molar-refractivity contribution is -0.118. The van der Waals surface area contributed by atoms with Crippen LogP contribution in [0.4, 0.5) is 10.1 Å². The van der Waals surface area contributed by atoms with Crippen LogP contribution in [0.5, 0.6) is 0 Å². The lowest BCUT2D eigenvalue weighted by Gasteiger charge is -2.17. The van der Waals surface area contributed by atoms with Gasteiger partial charge < -0.3 is 11.1 Å². The first-order valence-corrected chi connectivity index (χ1v) is 7.93. The standard InChI is InChI=1S/C20H18FN3O/c21-18-13-23-11-10-17(18)15-6-8-16(9-7-15)24-19(20(22)25)12-14-4-2-1-3-5-14/h1-11,13,19,24H,12H2,(H2,22,25)/t19-/m1/s1. The van der Waals surface area contributed by atoms with E-state index in [-0.39, 0.29) is 5.82 Å². The van der Waals surface area contributed by atoms with Crippen LogP contribution in [0.15, 0.2) is 73.1 Å². The number of halogens is 1. The fourth-order valence-electron chi connectivity index (χ4n) is 2.63. The van der Waals surface area contributed by atoms with Crippen LogP contribution >= 0.6 is 0 Å². The van der Waals surface area contributed by atoms with Crippen molar-refractivity contribution in [3.05, 3.63) is 84.4 Å². The fourth-order valence-corrected chi connectivity index (χ4v) is 2.63. The summed E-state index contributed by atoms with van der Waals surface area (Å²) in [6.07, 6.45) is 3.23. The number of anilines is 1. The highest BCUT2D eigenvalue weighted by Crippen LogP contribution is 2.23. The van der Waals surface area contributed by atoms with Crippen LogP contribution in [0.1, 0.15) is 5.56 Å². The molecule has 1 aromatic heterocycles. The summed E-state index contributed by atoms with van der Waals surface area (Å²) in [7, 11) is 0. The molecule has 5 heteroatoms. The number of rotatable bonds is 6. The average Bonchev–Trinajstić information content (AvgIpc) is 2.63. The molecule has 1 atom stereocenters. The number of nitrogens with one attached hydrogen (secondary N) is 1. The minimum Gasteiger partial charge on any atom is -0.373 e. The third-order valence-corrected chi connectivity index (χ3v) is 3.94. The van der Waals surface area contributed by atoms with Crippen LogP contribution in [0.25, 0.3) is 11.1 Å². The topological polar surface area (TPSA) is 68.0 Å². The summed E-state index contributed by atoms with van der Waals surface area (Å²) in [6.45, 7) is 0. The number of amides is 1. The van der Waals surface area contributed by atoms with E-state index >= 15 is 0 Å². The van der Waals surface area contributed by atoms with Crippen molar-refractivity contribution in [3.63, 3.8) is 0 Å². The number of pyridine rings is 1. The maximum absolute atomic E-state index is 13.8. The highest BCUT2D eigenvalue weighted by atomic mass is 19.1. The van der Waals surface area contributed by atoms with Gasteiger partial charge in [0, 0.05) is 23.9 Å². The minimum absolute atomic E-state index is 0.373. The summed E-state index contributed by atoms with van der Waals surface area (Å²) < 4.78 is 13.8. The Morgan fingerprint density at radius 3 is 2.44 bits per heavy atom. The van der Waals surface area contributed by atoms with Gasteiger partial charge in [-0.25, -0.2) is 4.39 Å². The number of hydrogen-bond donors (Lipinski definition) is 2. The van der Waals surface area contributed by atoms with E-state index in [1.807, 2.05) is 30.3 Å². The van der Waals surface area contributed by atoms with Crippen LogP contribution < -0.4 is 11.1 Å². The summed E-state index contributed by atoms with van der Waals surface area (Å²) in [6, 6.07) is 18.0. The Bertz CT molecular complexity index is 850. The minimum atomic E-state index is -0.522. The van der Waals surface area contributed by atoms with Crippen molar-refractivity contribution in [2.75, 3.05) is 5.32 Å². The molecular weight excluding hydrogens is 317 g/mol. The van der Waals surface area contributed by atoms with E-state index in [1.165, 1.54) is 6.20 Å². The molecule has 0 aliphatic heterocycles. The van der Waals surface area contributed by atoms with Crippen LogP contribution in [0, 0.1) is 5.82 Å². The third-order valence-electron chi connectivity index (χ3n) is 3.94. The molecule has 0 aliphatic rings. The van der Waals surface area contributed by atoms with E-state index in [4.69, 9.17) is 5.73 Å². The molecule has 0 radical (unpaired) electrons. The molecule has 0 fully saturated rings. The Morgan fingerprint density at radius 1 is 1.08 bits per heavy atom. The van der Waals surface area contributed by atoms with Crippen molar-refractivity contribution in [2.45, 2.75) is 12.5 Å². The number of hydrogen-bond acceptors (Lipinski definition) is 3. The Labute approximate surface area is 145 Å². The maximum atomic E-state index is 13.8. The number of primary amides is 1. The van der Waals surface area contributed by atoms with Crippen molar-refractivity contribution in [2.24, 2.45) is 5.73 Å². The number of benzene rings is 2. The second-order valence-corrected chi connectivity index (χ2v) is 5.72. The van der Waals surface area contributed by atoms with Crippen molar-refractivity contribution < 1.29 is 9.18 Å². The molecule has 0 spiro atoms. The summed E-state index contributed by atoms with van der Waals surface area (Å²) in [4.78, 5) is 15.5. The molecule has 0 saturated heterocycles. The number of carbonyl (C=O) groups is 1. The zero-order valence-electron chi connectivity index (χ0n) is 13.5. The second kappa shape index (κ2) is 7.57. The van der Waals surface area contributed by atoms with E-state index < -0.39 is 11.9 Å². The predicted molar refractivity (Wildman–Crippen MR) is 96.4 cm³/mol. The Balaban J connectivity index is 1.75. The first-order valence-electron chi connectivity index (χ1n) is 7.93. The van der Waals surface area contributed by atoms with Crippen molar-refractivity contribution in [3.8, 4) is 11.1 Å². The number of carbonyl (C=O) groups excluding carboxylic acids is 1. The highest BCUT2D eigenvalue weighted by Gasteiger charge is 2.16. The SMILES string of the molecule is NC(=O)[C@@H](Cc1ccccc1)Nc1ccc(-c2ccncc2F)cc1. The van der Waals surface area contributed by atoms with Crippen molar-refractivity contribution >= 4 is 11.6 Å². The van der Waals surface area contributed by atoms with E-state index in [0.29, 0.717) is 12.0 Å². The van der Waals surface area contributed by atoms with Gasteiger partial charge in [0.1, 0.15) is 11.9 Å². The smallest absolute Gasteiger partial charge is 0.240 e. The molecule has 0 saturated carbocycles. The molecule has 126 valence electrons. The zero-order valence-corrected chi connectivity index (χ0v) is 13.5. The van der Waals surface area contributed by atoms with Gasteiger partial charge in [-0.15, -0.1) is 0 Å². The second-order valence-electron chi connectivity index (χ2n) is 5.72. The molecule has 1 amide bonds. The van der Waals surface area contributed by atoms with Gasteiger partial charge >= 0.3 is 0 Å². The summed E-state index contributed by atoms with van der Waals surface area (Å²) in [5.41, 5.74) is 8.51. The van der Waals surface area contributed by atoms with Gasteiger partial charge in [-0.05, 0) is 29.3 Å². The van der Waals surface area contributed by atoms with Crippen LogP contribution in [-0.4, -0.2) is 16.9 Å². The molecule has 0 unspecified atom stereocenters. The molecular formula is C20H18FN3O. The average molecular weight is 335 g/mol. The normalized spacial score (nSPS) is 11.7. The molecule has 25 heavy (non-hydrogen) atoms. The Morgan fingerprint density at radius 2 is 1.80 bits per heavy atom. The van der Waals surface area contributed by atoms with Gasteiger partial charge in [0.25, 0.3) is 0 Å². The summed E-state index contributed by atoms with van der Waals surface area (Å²) in [5, 5.41) is 3.14. The van der Waals surface area contributed by atoms with E-state index in [2.05, 4.69) is 10.3 Å². The highest BCUT2D eigenvalue weighted by molar-refractivity contribution is 5.83. The lowest BCUT2D eigenvalue weighted by atomic mass is 10.0. The molecule has 2 aromatic carbocycles. The number of nitrogens with two attached hydrogens (primary N) is 1. The van der Waals surface area contributed by atoms with Crippen molar-refractivity contribution in [1.29, 1.82) is 0 Å². The van der Waals surface area contributed by atoms with Crippen LogP contribution in [-0.2, 0) is 11.2 Å². The first kappa shape index (κ1) is 16.6. The molecule has 0 bridgehead atoms. The van der Waals surface area contributed by atoms with Gasteiger partial charge in [0.15, 0.2) is 0 Å². The van der Waals surface area contributed by atoms with Crippen LogP contribution in [0.2, 0.25) is 0 Å². The third kappa shape index (κ3) is 4.20. The van der Waals surface area contributed by atoms with Gasteiger partial charge in [0.05, 0.1) is 6.20 Å². The molecule has 0 aliphatic carbocycles. The summed E-state index contributed by atoms with van der Waals surface area (Å²) in [5.74, 6) is -0.796. The molecule has 1 heterocycles. The monoisotopic (exact) mass is 335 g/mol.